The molecule has 108 valence electrons. The molecule has 1 aromatic heterocycles. The van der Waals surface area contributed by atoms with E-state index in [9.17, 15) is 14.9 Å². The van der Waals surface area contributed by atoms with Crippen molar-refractivity contribution in [2.24, 2.45) is 0 Å². The van der Waals surface area contributed by atoms with Crippen molar-refractivity contribution in [1.82, 2.24) is 10.3 Å². The number of nitrogens with zero attached hydrogens (tertiary/aromatic N) is 2. The van der Waals surface area contributed by atoms with Gasteiger partial charge in [-0.05, 0) is 36.8 Å². The van der Waals surface area contributed by atoms with Gasteiger partial charge in [-0.3, -0.25) is 19.9 Å². The molecular formula is C14H14N4O3. The van der Waals surface area contributed by atoms with E-state index in [1.165, 1.54) is 18.2 Å². The summed E-state index contributed by atoms with van der Waals surface area (Å²) in [6.45, 7) is 1.82. The summed E-state index contributed by atoms with van der Waals surface area (Å²) in [5, 5.41) is 13.6. The van der Waals surface area contributed by atoms with Crippen molar-refractivity contribution >= 4 is 17.3 Å². The number of hydrogen-bond donors (Lipinski definition) is 2. The average Bonchev–Trinajstić information content (AvgIpc) is 2.48. The minimum Gasteiger partial charge on any atom is -0.393 e. The number of nitrogens with two attached hydrogens (primary N) is 1. The highest BCUT2D eigenvalue weighted by Gasteiger charge is 2.17. The van der Waals surface area contributed by atoms with Crippen LogP contribution < -0.4 is 11.1 Å². The molecule has 2 rings (SSSR count). The number of anilines is 1. The van der Waals surface area contributed by atoms with Gasteiger partial charge in [0, 0.05) is 24.0 Å². The topological polar surface area (TPSA) is 111 Å². The van der Waals surface area contributed by atoms with Crippen molar-refractivity contribution in [3.05, 3.63) is 64.0 Å². The molecule has 1 aromatic carbocycles. The predicted octanol–water partition coefficient (Wildman–Crippen LogP) is 2.06. The maximum absolute atomic E-state index is 12.1. The summed E-state index contributed by atoms with van der Waals surface area (Å²) >= 11 is 0. The fourth-order valence-electron chi connectivity index (χ4n) is 1.86. The third-order valence-electron chi connectivity index (χ3n) is 3.04. The molecule has 0 fully saturated rings. The van der Waals surface area contributed by atoms with E-state index in [1.807, 2.05) is 6.92 Å². The maximum atomic E-state index is 12.1. The van der Waals surface area contributed by atoms with Gasteiger partial charge >= 0.3 is 0 Å². The molecule has 3 N–H and O–H groups in total. The maximum Gasteiger partial charge on any atom is 0.292 e. The summed E-state index contributed by atoms with van der Waals surface area (Å²) in [6, 6.07) is 7.31. The average molecular weight is 286 g/mol. The first-order chi connectivity index (χ1) is 9.99. The Morgan fingerprint density at radius 3 is 2.62 bits per heavy atom. The smallest absolute Gasteiger partial charge is 0.292 e. The summed E-state index contributed by atoms with van der Waals surface area (Å²) in [4.78, 5) is 26.2. The van der Waals surface area contributed by atoms with Crippen LogP contribution in [0.1, 0.15) is 28.9 Å². The zero-order valence-electron chi connectivity index (χ0n) is 11.3. The van der Waals surface area contributed by atoms with Crippen LogP contribution in [0.5, 0.6) is 0 Å². The van der Waals surface area contributed by atoms with E-state index < -0.39 is 10.8 Å². The van der Waals surface area contributed by atoms with Gasteiger partial charge in [0.15, 0.2) is 0 Å². The van der Waals surface area contributed by atoms with Gasteiger partial charge in [-0.15, -0.1) is 0 Å². The van der Waals surface area contributed by atoms with E-state index >= 15 is 0 Å². The van der Waals surface area contributed by atoms with Crippen molar-refractivity contribution in [2.45, 2.75) is 13.0 Å². The van der Waals surface area contributed by atoms with Gasteiger partial charge in [-0.2, -0.15) is 0 Å². The largest absolute Gasteiger partial charge is 0.393 e. The molecule has 0 bridgehead atoms. The van der Waals surface area contributed by atoms with Crippen molar-refractivity contribution in [3.63, 3.8) is 0 Å². The van der Waals surface area contributed by atoms with Crippen LogP contribution >= 0.6 is 0 Å². The summed E-state index contributed by atoms with van der Waals surface area (Å²) in [7, 11) is 0. The van der Waals surface area contributed by atoms with Gasteiger partial charge in [0.1, 0.15) is 5.69 Å². The van der Waals surface area contributed by atoms with Gasteiger partial charge in [-0.1, -0.05) is 0 Å². The molecule has 2 aromatic rings. The quantitative estimate of drug-likeness (QED) is 0.507. The third kappa shape index (κ3) is 3.33. The highest BCUT2D eigenvalue weighted by Crippen LogP contribution is 2.22. The molecule has 1 atom stereocenters. The lowest BCUT2D eigenvalue weighted by atomic mass is 10.1. The first-order valence-corrected chi connectivity index (χ1v) is 6.23. The lowest BCUT2D eigenvalue weighted by molar-refractivity contribution is -0.383. The highest BCUT2D eigenvalue weighted by atomic mass is 16.6. The Hall–Kier alpha value is -2.96. The standard InChI is InChI=1S/C14H14N4O3/c1-9(10-4-6-16-7-5-10)17-14(19)11-2-3-12(15)13(8-11)18(20)21/h2-9H,15H2,1H3,(H,17,19)/t9-/m0/s1. The fourth-order valence-corrected chi connectivity index (χ4v) is 1.86. The van der Waals surface area contributed by atoms with Crippen molar-refractivity contribution in [1.29, 1.82) is 0 Å². The number of nitrogens with one attached hydrogen (secondary N) is 1. The number of rotatable bonds is 4. The fraction of sp³-hybridized carbons (Fsp3) is 0.143. The highest BCUT2D eigenvalue weighted by molar-refractivity contribution is 5.95. The molecule has 1 amide bonds. The van der Waals surface area contributed by atoms with Crippen molar-refractivity contribution in [2.75, 3.05) is 5.73 Å². The molecule has 0 spiro atoms. The Bertz CT molecular complexity index is 673. The van der Waals surface area contributed by atoms with E-state index in [0.717, 1.165) is 5.56 Å². The van der Waals surface area contributed by atoms with Crippen LogP contribution in [0.15, 0.2) is 42.7 Å². The van der Waals surface area contributed by atoms with Gasteiger partial charge in [0.2, 0.25) is 0 Å². The zero-order chi connectivity index (χ0) is 15.4. The number of carbonyl (C=O) groups excluding carboxylic acids is 1. The van der Waals surface area contributed by atoms with E-state index in [4.69, 9.17) is 5.73 Å². The molecule has 0 aliphatic carbocycles. The minimum absolute atomic E-state index is 0.0266. The normalized spacial score (nSPS) is 11.7. The second kappa shape index (κ2) is 6.00. The molecule has 0 saturated heterocycles. The minimum atomic E-state index is -0.613. The number of nitrogen functional groups attached to an aromatic ring is 1. The van der Waals surface area contributed by atoms with Crippen LogP contribution in [-0.2, 0) is 0 Å². The Balaban J connectivity index is 2.17. The molecule has 0 unspecified atom stereocenters. The third-order valence-corrected chi connectivity index (χ3v) is 3.04. The molecule has 0 aliphatic heterocycles. The Morgan fingerprint density at radius 1 is 1.33 bits per heavy atom. The lowest BCUT2D eigenvalue weighted by Crippen LogP contribution is -2.26. The predicted molar refractivity (Wildman–Crippen MR) is 77.6 cm³/mol. The van der Waals surface area contributed by atoms with E-state index in [1.54, 1.807) is 24.5 Å². The number of aromatic nitrogens is 1. The molecular weight excluding hydrogens is 272 g/mol. The molecule has 7 nitrogen and oxygen atoms in total. The molecule has 0 radical (unpaired) electrons. The number of nitro benzene ring substituents is 1. The van der Waals surface area contributed by atoms with Crippen molar-refractivity contribution in [3.8, 4) is 0 Å². The Kier molecular flexibility index (Phi) is 4.13. The molecule has 21 heavy (non-hydrogen) atoms. The first-order valence-electron chi connectivity index (χ1n) is 6.23. The van der Waals surface area contributed by atoms with Crippen LogP contribution in [-0.4, -0.2) is 15.8 Å². The van der Waals surface area contributed by atoms with E-state index in [2.05, 4.69) is 10.3 Å². The summed E-state index contributed by atoms with van der Waals surface area (Å²) in [6.07, 6.45) is 3.26. The first kappa shape index (κ1) is 14.4. The molecule has 7 heteroatoms. The Morgan fingerprint density at radius 2 is 2.00 bits per heavy atom. The number of carbonyl (C=O) groups is 1. The van der Waals surface area contributed by atoms with Crippen LogP contribution in [0.2, 0.25) is 0 Å². The zero-order valence-corrected chi connectivity index (χ0v) is 11.3. The van der Waals surface area contributed by atoms with Gasteiger partial charge in [-0.25, -0.2) is 0 Å². The molecule has 0 saturated carbocycles. The van der Waals surface area contributed by atoms with Crippen LogP contribution in [0, 0.1) is 10.1 Å². The number of amides is 1. The van der Waals surface area contributed by atoms with Crippen LogP contribution in [0.4, 0.5) is 11.4 Å². The number of benzene rings is 1. The summed E-state index contributed by atoms with van der Waals surface area (Å²) in [5.74, 6) is -0.401. The number of hydrogen-bond acceptors (Lipinski definition) is 5. The van der Waals surface area contributed by atoms with E-state index in [0.29, 0.717) is 0 Å². The van der Waals surface area contributed by atoms with E-state index in [-0.39, 0.29) is 23.0 Å². The SMILES string of the molecule is C[C@H](NC(=O)c1ccc(N)c([N+](=O)[O-])c1)c1ccncc1. The summed E-state index contributed by atoms with van der Waals surface area (Å²) in [5.41, 5.74) is 6.33. The van der Waals surface area contributed by atoms with Crippen LogP contribution in [0.25, 0.3) is 0 Å². The summed E-state index contributed by atoms with van der Waals surface area (Å²) < 4.78 is 0. The second-order valence-electron chi connectivity index (χ2n) is 4.51. The van der Waals surface area contributed by atoms with Crippen LogP contribution in [0.3, 0.4) is 0 Å². The van der Waals surface area contributed by atoms with Gasteiger partial charge in [0.25, 0.3) is 11.6 Å². The molecule has 1 heterocycles. The second-order valence-corrected chi connectivity index (χ2v) is 4.51. The van der Waals surface area contributed by atoms with Gasteiger partial charge < -0.3 is 11.1 Å². The lowest BCUT2D eigenvalue weighted by Gasteiger charge is -2.14. The van der Waals surface area contributed by atoms with Crippen molar-refractivity contribution < 1.29 is 9.72 Å². The Labute approximate surface area is 121 Å². The monoisotopic (exact) mass is 286 g/mol. The van der Waals surface area contributed by atoms with Gasteiger partial charge in [0.05, 0.1) is 11.0 Å². The molecule has 0 aliphatic rings. The number of pyridine rings is 1. The number of nitro groups is 1.